The second-order valence-electron chi connectivity index (χ2n) is 4.84. The first-order valence-electron chi connectivity index (χ1n) is 5.92. The van der Waals surface area contributed by atoms with Crippen LogP contribution in [0.2, 0.25) is 0 Å². The van der Waals surface area contributed by atoms with Gasteiger partial charge < -0.3 is 10.5 Å². The van der Waals surface area contributed by atoms with E-state index in [0.717, 1.165) is 6.42 Å². The predicted octanol–water partition coefficient (Wildman–Crippen LogP) is 1.93. The maximum absolute atomic E-state index is 11.9. The Morgan fingerprint density at radius 3 is 2.75 bits per heavy atom. The fourth-order valence-electron chi connectivity index (χ4n) is 2.61. The Morgan fingerprint density at radius 2 is 2.19 bits per heavy atom. The van der Waals surface area contributed by atoms with E-state index in [4.69, 9.17) is 10.5 Å². The van der Waals surface area contributed by atoms with Crippen LogP contribution in [0.1, 0.15) is 32.1 Å². The molecule has 1 unspecified atom stereocenters. The van der Waals surface area contributed by atoms with Gasteiger partial charge in [0.1, 0.15) is 5.76 Å². The van der Waals surface area contributed by atoms with Gasteiger partial charge in [-0.05, 0) is 18.4 Å². The van der Waals surface area contributed by atoms with E-state index in [1.54, 1.807) is 19.3 Å². The van der Waals surface area contributed by atoms with Crippen molar-refractivity contribution in [3.05, 3.63) is 24.0 Å². The molecule has 3 nitrogen and oxygen atoms in total. The van der Waals surface area contributed by atoms with Crippen molar-refractivity contribution in [1.82, 2.24) is 0 Å². The van der Waals surface area contributed by atoms with Crippen molar-refractivity contribution in [1.29, 1.82) is 0 Å². The number of rotatable bonds is 3. The van der Waals surface area contributed by atoms with Gasteiger partial charge in [-0.2, -0.15) is 0 Å². The van der Waals surface area contributed by atoms with Gasteiger partial charge in [-0.3, -0.25) is 4.79 Å². The van der Waals surface area contributed by atoms with E-state index < -0.39 is 5.54 Å². The third-order valence-corrected chi connectivity index (χ3v) is 3.61. The Hall–Kier alpha value is -1.09. The van der Waals surface area contributed by atoms with Crippen molar-refractivity contribution in [2.24, 2.45) is 11.7 Å². The molecule has 2 aliphatic rings. The number of carbonyl (C=O) groups is 1. The minimum atomic E-state index is -0.795. The zero-order chi connectivity index (χ0) is 11.6. The fraction of sp³-hybridized carbons (Fsp3) is 0.615. The van der Waals surface area contributed by atoms with Crippen LogP contribution < -0.4 is 5.73 Å². The Kier molecular flexibility index (Phi) is 3.15. The standard InChI is InChI=1S/C13H19NO2/c1-16-11-6-7-13(14,12(15)8-11)9-10-4-2-3-5-10/h6-8,10H,2-5,9,14H2,1H3. The average Bonchev–Trinajstić information content (AvgIpc) is 2.75. The molecule has 0 radical (unpaired) electrons. The Balaban J connectivity index is 2.05. The molecule has 1 saturated carbocycles. The van der Waals surface area contributed by atoms with Crippen molar-refractivity contribution in [3.8, 4) is 0 Å². The van der Waals surface area contributed by atoms with Crippen molar-refractivity contribution in [2.45, 2.75) is 37.6 Å². The Bertz CT molecular complexity index is 340. The molecule has 0 heterocycles. The predicted molar refractivity (Wildman–Crippen MR) is 62.7 cm³/mol. The van der Waals surface area contributed by atoms with Gasteiger partial charge in [-0.1, -0.05) is 31.8 Å². The van der Waals surface area contributed by atoms with Crippen LogP contribution in [0.25, 0.3) is 0 Å². The highest BCUT2D eigenvalue weighted by Gasteiger charge is 2.35. The highest BCUT2D eigenvalue weighted by Crippen LogP contribution is 2.33. The topological polar surface area (TPSA) is 52.3 Å². The number of allylic oxidation sites excluding steroid dienone is 1. The summed E-state index contributed by atoms with van der Waals surface area (Å²) in [6, 6.07) is 0. The average molecular weight is 221 g/mol. The molecule has 2 aliphatic carbocycles. The molecular formula is C13H19NO2. The molecule has 0 saturated heterocycles. The minimum Gasteiger partial charge on any atom is -0.497 e. The first kappa shape index (κ1) is 11.4. The van der Waals surface area contributed by atoms with Crippen LogP contribution >= 0.6 is 0 Å². The van der Waals surface area contributed by atoms with Crippen LogP contribution in [0.3, 0.4) is 0 Å². The van der Waals surface area contributed by atoms with Gasteiger partial charge in [0.15, 0.2) is 5.78 Å². The number of methoxy groups -OCH3 is 1. The summed E-state index contributed by atoms with van der Waals surface area (Å²) in [7, 11) is 1.56. The van der Waals surface area contributed by atoms with E-state index in [0.29, 0.717) is 11.7 Å². The smallest absolute Gasteiger partial charge is 0.183 e. The summed E-state index contributed by atoms with van der Waals surface area (Å²) in [5.74, 6) is 1.17. The lowest BCUT2D eigenvalue weighted by Gasteiger charge is -2.28. The molecule has 3 heteroatoms. The van der Waals surface area contributed by atoms with Crippen molar-refractivity contribution >= 4 is 5.78 Å². The normalized spacial score (nSPS) is 30.6. The summed E-state index contributed by atoms with van der Waals surface area (Å²) < 4.78 is 5.02. The van der Waals surface area contributed by atoms with Gasteiger partial charge in [0, 0.05) is 6.08 Å². The molecule has 0 bridgehead atoms. The van der Waals surface area contributed by atoms with Gasteiger partial charge in [0.2, 0.25) is 0 Å². The summed E-state index contributed by atoms with van der Waals surface area (Å²) in [6.07, 6.45) is 10.9. The molecule has 16 heavy (non-hydrogen) atoms. The Labute approximate surface area is 96.3 Å². The zero-order valence-electron chi connectivity index (χ0n) is 9.74. The lowest BCUT2D eigenvalue weighted by atomic mass is 9.81. The largest absolute Gasteiger partial charge is 0.497 e. The number of nitrogens with two attached hydrogens (primary N) is 1. The van der Waals surface area contributed by atoms with Crippen molar-refractivity contribution in [3.63, 3.8) is 0 Å². The summed E-state index contributed by atoms with van der Waals surface area (Å²) in [4.78, 5) is 11.9. The maximum atomic E-state index is 11.9. The second kappa shape index (κ2) is 4.42. The van der Waals surface area contributed by atoms with Gasteiger partial charge in [-0.15, -0.1) is 0 Å². The number of ether oxygens (including phenoxy) is 1. The molecule has 2 N–H and O–H groups in total. The third-order valence-electron chi connectivity index (χ3n) is 3.61. The molecule has 1 fully saturated rings. The molecule has 0 amide bonds. The number of hydrogen-bond donors (Lipinski definition) is 1. The van der Waals surface area contributed by atoms with Crippen LogP contribution in [-0.4, -0.2) is 18.4 Å². The number of ketones is 1. The summed E-state index contributed by atoms with van der Waals surface area (Å²) in [5.41, 5.74) is 5.37. The van der Waals surface area contributed by atoms with E-state index >= 15 is 0 Å². The number of carbonyl (C=O) groups excluding carboxylic acids is 1. The van der Waals surface area contributed by atoms with Crippen LogP contribution in [0, 0.1) is 5.92 Å². The van der Waals surface area contributed by atoms with Crippen LogP contribution in [0.4, 0.5) is 0 Å². The molecule has 1 atom stereocenters. The summed E-state index contributed by atoms with van der Waals surface area (Å²) in [5, 5.41) is 0. The zero-order valence-corrected chi connectivity index (χ0v) is 9.74. The molecule has 0 aromatic rings. The SMILES string of the molecule is COC1=CC(=O)C(N)(CC2CCCC2)C=C1. The summed E-state index contributed by atoms with van der Waals surface area (Å²) >= 11 is 0. The second-order valence-corrected chi connectivity index (χ2v) is 4.84. The van der Waals surface area contributed by atoms with Crippen LogP contribution in [-0.2, 0) is 9.53 Å². The van der Waals surface area contributed by atoms with E-state index in [1.807, 2.05) is 0 Å². The molecule has 0 aromatic carbocycles. The lowest BCUT2D eigenvalue weighted by Crippen LogP contribution is -2.47. The molecular weight excluding hydrogens is 202 g/mol. The summed E-state index contributed by atoms with van der Waals surface area (Å²) in [6.45, 7) is 0. The van der Waals surface area contributed by atoms with Crippen molar-refractivity contribution < 1.29 is 9.53 Å². The van der Waals surface area contributed by atoms with Gasteiger partial charge in [0.25, 0.3) is 0 Å². The van der Waals surface area contributed by atoms with E-state index in [-0.39, 0.29) is 5.78 Å². The minimum absolute atomic E-state index is 0.0289. The fourth-order valence-corrected chi connectivity index (χ4v) is 2.61. The van der Waals surface area contributed by atoms with E-state index in [2.05, 4.69) is 0 Å². The lowest BCUT2D eigenvalue weighted by molar-refractivity contribution is -0.118. The monoisotopic (exact) mass is 221 g/mol. The van der Waals surface area contributed by atoms with Crippen LogP contribution in [0.15, 0.2) is 24.0 Å². The first-order valence-corrected chi connectivity index (χ1v) is 5.92. The van der Waals surface area contributed by atoms with Gasteiger partial charge in [0.05, 0.1) is 12.6 Å². The first-order chi connectivity index (χ1) is 7.64. The Morgan fingerprint density at radius 1 is 1.50 bits per heavy atom. The van der Waals surface area contributed by atoms with Crippen LogP contribution in [0.5, 0.6) is 0 Å². The van der Waals surface area contributed by atoms with E-state index in [1.165, 1.54) is 31.8 Å². The van der Waals surface area contributed by atoms with Gasteiger partial charge >= 0.3 is 0 Å². The maximum Gasteiger partial charge on any atom is 0.183 e. The highest BCUT2D eigenvalue weighted by molar-refractivity contribution is 6.01. The van der Waals surface area contributed by atoms with Gasteiger partial charge in [-0.25, -0.2) is 0 Å². The quantitative estimate of drug-likeness (QED) is 0.792. The molecule has 88 valence electrons. The highest BCUT2D eigenvalue weighted by atomic mass is 16.5. The molecule has 0 spiro atoms. The number of hydrogen-bond acceptors (Lipinski definition) is 3. The molecule has 0 aromatic heterocycles. The third kappa shape index (κ3) is 2.19. The van der Waals surface area contributed by atoms with Crippen molar-refractivity contribution in [2.75, 3.05) is 7.11 Å². The molecule has 2 rings (SSSR count). The molecule has 0 aliphatic heterocycles. The van der Waals surface area contributed by atoms with E-state index in [9.17, 15) is 4.79 Å².